The molecule has 0 heterocycles. The number of carbonyl (C=O) groups excluding carboxylic acids is 1. The Hall–Kier alpha value is -1.11. The first-order valence-electron chi connectivity index (χ1n) is 5.74. The maximum Gasteiger partial charge on any atom is 0.251 e. The highest BCUT2D eigenvalue weighted by Gasteiger charge is 2.46. The second-order valence-electron chi connectivity index (χ2n) is 5.41. The summed E-state index contributed by atoms with van der Waals surface area (Å²) in [4.78, 5) is 11.7. The van der Waals surface area contributed by atoms with Crippen LogP contribution < -0.4 is 10.5 Å². The van der Waals surface area contributed by atoms with Crippen LogP contribution >= 0.6 is 11.6 Å². The summed E-state index contributed by atoms with van der Waals surface area (Å²) in [5.74, 6) is -0.322. The Morgan fingerprint density at radius 3 is 2.53 bits per heavy atom. The summed E-state index contributed by atoms with van der Waals surface area (Å²) >= 11 is 5.76. The normalized spacial score (nSPS) is 20.9. The molecule has 1 unspecified atom stereocenters. The molecule has 19 heavy (non-hydrogen) atoms. The van der Waals surface area contributed by atoms with Crippen molar-refractivity contribution >= 4 is 27.5 Å². The average Bonchev–Trinajstić information content (AvgIpc) is 2.84. The van der Waals surface area contributed by atoms with Crippen molar-refractivity contribution in [3.05, 3.63) is 28.8 Å². The van der Waals surface area contributed by atoms with Gasteiger partial charge in [0.05, 0.1) is 5.02 Å². The van der Waals surface area contributed by atoms with E-state index < -0.39 is 10.0 Å². The van der Waals surface area contributed by atoms with Gasteiger partial charge in [-0.3, -0.25) is 4.79 Å². The van der Waals surface area contributed by atoms with Gasteiger partial charge in [-0.1, -0.05) is 25.4 Å². The molecule has 0 radical (unpaired) electrons. The van der Waals surface area contributed by atoms with Crippen LogP contribution in [-0.2, 0) is 10.0 Å². The van der Waals surface area contributed by atoms with Crippen LogP contribution in [0.3, 0.4) is 0 Å². The summed E-state index contributed by atoms with van der Waals surface area (Å²) in [5, 5.41) is 7.89. The van der Waals surface area contributed by atoms with E-state index in [0.717, 1.165) is 6.42 Å². The highest BCUT2D eigenvalue weighted by molar-refractivity contribution is 7.89. The van der Waals surface area contributed by atoms with Crippen molar-refractivity contribution in [1.82, 2.24) is 5.32 Å². The predicted octanol–water partition coefficient (Wildman–Crippen LogP) is 1.52. The van der Waals surface area contributed by atoms with E-state index in [4.69, 9.17) is 16.7 Å². The number of amides is 1. The molecule has 1 aromatic carbocycles. The van der Waals surface area contributed by atoms with Gasteiger partial charge in [0, 0.05) is 11.6 Å². The number of rotatable bonds is 3. The number of nitrogens with one attached hydrogen (secondary N) is 1. The third-order valence-corrected chi connectivity index (χ3v) is 4.71. The molecule has 1 atom stereocenters. The van der Waals surface area contributed by atoms with Gasteiger partial charge in [0.15, 0.2) is 0 Å². The first-order valence-corrected chi connectivity index (χ1v) is 7.67. The fourth-order valence-electron chi connectivity index (χ4n) is 1.82. The van der Waals surface area contributed by atoms with Crippen molar-refractivity contribution in [2.24, 2.45) is 10.6 Å². The molecule has 1 fully saturated rings. The molecule has 0 saturated heterocycles. The average molecular weight is 303 g/mol. The van der Waals surface area contributed by atoms with E-state index >= 15 is 0 Å². The molecule has 0 aliphatic heterocycles. The number of benzene rings is 1. The van der Waals surface area contributed by atoms with Crippen LogP contribution in [0.15, 0.2) is 23.1 Å². The van der Waals surface area contributed by atoms with Crippen LogP contribution in [-0.4, -0.2) is 20.4 Å². The third-order valence-electron chi connectivity index (χ3n) is 3.32. The van der Waals surface area contributed by atoms with Crippen molar-refractivity contribution in [2.45, 2.75) is 31.2 Å². The van der Waals surface area contributed by atoms with Gasteiger partial charge < -0.3 is 5.32 Å². The summed E-state index contributed by atoms with van der Waals surface area (Å²) in [6.45, 7) is 4.10. The number of sulfonamides is 1. The molecule has 0 aromatic heterocycles. The minimum Gasteiger partial charge on any atom is -0.349 e. The van der Waals surface area contributed by atoms with Crippen molar-refractivity contribution in [3.8, 4) is 0 Å². The molecular formula is C12H15ClN2O3S. The molecule has 7 heteroatoms. The molecule has 1 aliphatic carbocycles. The Balaban J connectivity index is 2.24. The SMILES string of the molecule is CC1(C)CC1NC(=O)c1ccc(Cl)c(S(N)(=O)=O)c1. The standard InChI is InChI=1S/C12H15ClN2O3S/c1-12(2)6-10(12)15-11(16)7-3-4-8(13)9(5-7)19(14,17)18/h3-5,10H,6H2,1-2H3,(H,15,16)(H2,14,17,18). The van der Waals surface area contributed by atoms with E-state index in [1.807, 2.05) is 0 Å². The van der Waals surface area contributed by atoms with E-state index in [1.54, 1.807) is 0 Å². The second-order valence-corrected chi connectivity index (χ2v) is 7.35. The van der Waals surface area contributed by atoms with E-state index in [0.29, 0.717) is 0 Å². The molecule has 1 saturated carbocycles. The van der Waals surface area contributed by atoms with Crippen molar-refractivity contribution in [3.63, 3.8) is 0 Å². The van der Waals surface area contributed by atoms with E-state index in [2.05, 4.69) is 19.2 Å². The number of hydrogen-bond donors (Lipinski definition) is 2. The lowest BCUT2D eigenvalue weighted by Crippen LogP contribution is -2.28. The van der Waals surface area contributed by atoms with Gasteiger partial charge in [0.25, 0.3) is 5.91 Å². The van der Waals surface area contributed by atoms with Gasteiger partial charge in [-0.05, 0) is 30.0 Å². The highest BCUT2D eigenvalue weighted by atomic mass is 35.5. The smallest absolute Gasteiger partial charge is 0.251 e. The van der Waals surface area contributed by atoms with Crippen LogP contribution in [0.5, 0.6) is 0 Å². The number of primary sulfonamides is 1. The molecule has 5 nitrogen and oxygen atoms in total. The minimum atomic E-state index is -3.94. The van der Waals surface area contributed by atoms with Gasteiger partial charge in [-0.25, -0.2) is 13.6 Å². The Morgan fingerprint density at radius 2 is 2.05 bits per heavy atom. The van der Waals surface area contributed by atoms with Gasteiger partial charge in [0.2, 0.25) is 10.0 Å². The van der Waals surface area contributed by atoms with E-state index in [1.165, 1.54) is 18.2 Å². The largest absolute Gasteiger partial charge is 0.349 e. The molecule has 1 aromatic rings. The van der Waals surface area contributed by atoms with Crippen molar-refractivity contribution < 1.29 is 13.2 Å². The van der Waals surface area contributed by atoms with Crippen LogP contribution in [0, 0.1) is 5.41 Å². The van der Waals surface area contributed by atoms with Crippen molar-refractivity contribution in [1.29, 1.82) is 0 Å². The molecule has 1 amide bonds. The zero-order chi connectivity index (χ0) is 14.4. The minimum absolute atomic E-state index is 0.00537. The fraction of sp³-hybridized carbons (Fsp3) is 0.417. The Morgan fingerprint density at radius 1 is 1.47 bits per heavy atom. The van der Waals surface area contributed by atoms with Crippen LogP contribution in [0.4, 0.5) is 0 Å². The lowest BCUT2D eigenvalue weighted by molar-refractivity contribution is 0.0946. The molecule has 0 bridgehead atoms. The number of halogens is 1. The summed E-state index contributed by atoms with van der Waals surface area (Å²) in [7, 11) is -3.94. The van der Waals surface area contributed by atoms with Gasteiger partial charge in [-0.15, -0.1) is 0 Å². The maximum absolute atomic E-state index is 12.0. The third kappa shape index (κ3) is 3.08. The summed E-state index contributed by atoms with van der Waals surface area (Å²) in [6, 6.07) is 4.15. The van der Waals surface area contributed by atoms with Gasteiger partial charge in [-0.2, -0.15) is 0 Å². The first kappa shape index (κ1) is 14.3. The lowest BCUT2D eigenvalue weighted by Gasteiger charge is -2.08. The van der Waals surface area contributed by atoms with Crippen molar-refractivity contribution in [2.75, 3.05) is 0 Å². The number of hydrogen-bond acceptors (Lipinski definition) is 3. The monoisotopic (exact) mass is 302 g/mol. The highest BCUT2D eigenvalue weighted by Crippen LogP contribution is 2.44. The van der Waals surface area contributed by atoms with Crippen LogP contribution in [0.25, 0.3) is 0 Å². The number of carbonyl (C=O) groups is 1. The van der Waals surface area contributed by atoms with Gasteiger partial charge in [0.1, 0.15) is 4.90 Å². The molecule has 2 rings (SSSR count). The second kappa shape index (κ2) is 4.47. The zero-order valence-electron chi connectivity index (χ0n) is 10.6. The molecule has 1 aliphatic rings. The van der Waals surface area contributed by atoms with E-state index in [-0.39, 0.29) is 32.8 Å². The topological polar surface area (TPSA) is 89.3 Å². The predicted molar refractivity (Wildman–Crippen MR) is 72.5 cm³/mol. The van der Waals surface area contributed by atoms with Crippen LogP contribution in [0.2, 0.25) is 5.02 Å². The zero-order valence-corrected chi connectivity index (χ0v) is 12.2. The first-order chi connectivity index (χ1) is 8.61. The fourth-order valence-corrected chi connectivity index (χ4v) is 2.89. The lowest BCUT2D eigenvalue weighted by atomic mass is 10.1. The Bertz CT molecular complexity index is 640. The molecular weight excluding hydrogens is 288 g/mol. The summed E-state index contributed by atoms with van der Waals surface area (Å²) < 4.78 is 22.7. The molecule has 104 valence electrons. The summed E-state index contributed by atoms with van der Waals surface area (Å²) in [6.07, 6.45) is 0.911. The van der Waals surface area contributed by atoms with E-state index in [9.17, 15) is 13.2 Å². The van der Waals surface area contributed by atoms with Gasteiger partial charge >= 0.3 is 0 Å². The molecule has 0 spiro atoms. The number of nitrogens with two attached hydrogens (primary N) is 1. The quantitative estimate of drug-likeness (QED) is 0.887. The Labute approximate surface area is 117 Å². The summed E-state index contributed by atoms with van der Waals surface area (Å²) in [5.41, 5.74) is 0.335. The maximum atomic E-state index is 12.0. The van der Waals surface area contributed by atoms with Crippen LogP contribution in [0.1, 0.15) is 30.6 Å². The Kier molecular flexibility index (Phi) is 3.36. The molecule has 3 N–H and O–H groups in total.